The molecule has 0 fully saturated rings. The topological polar surface area (TPSA) is 67.4 Å². The molecule has 0 atom stereocenters. The van der Waals surface area contributed by atoms with Gasteiger partial charge in [-0.15, -0.1) is 0 Å². The molecule has 0 unspecified atom stereocenters. The normalized spacial score (nSPS) is 10.0. The molecule has 2 N–H and O–H groups in total. The molecule has 23 heavy (non-hydrogen) atoms. The van der Waals surface area contributed by atoms with Crippen LogP contribution in [0.5, 0.6) is 5.75 Å². The van der Waals surface area contributed by atoms with Crippen LogP contribution in [0.4, 0.5) is 8.78 Å². The van der Waals surface area contributed by atoms with Gasteiger partial charge in [-0.3, -0.25) is 20.4 Å². The Morgan fingerprint density at radius 2 is 1.74 bits per heavy atom. The van der Waals surface area contributed by atoms with Gasteiger partial charge < -0.3 is 4.74 Å². The molecular weight excluding hydrogens is 306 g/mol. The number of hydrazine groups is 1. The molecule has 0 spiro atoms. The monoisotopic (exact) mass is 320 g/mol. The highest BCUT2D eigenvalue weighted by Gasteiger charge is 2.11. The van der Waals surface area contributed by atoms with Crippen LogP contribution in [0.15, 0.2) is 42.5 Å². The van der Waals surface area contributed by atoms with Gasteiger partial charge in [0.05, 0.1) is 13.5 Å². The molecule has 0 aliphatic heterocycles. The summed E-state index contributed by atoms with van der Waals surface area (Å²) in [6, 6.07) is 9.09. The quantitative estimate of drug-likeness (QED) is 0.847. The second kappa shape index (κ2) is 7.35. The SMILES string of the molecule is COc1ccc(C(=O)NNC(=O)Cc2ccc(F)cc2)cc1F. The molecule has 5 nitrogen and oxygen atoms in total. The molecule has 0 saturated heterocycles. The zero-order chi connectivity index (χ0) is 16.8. The molecule has 0 bridgehead atoms. The van der Waals surface area contributed by atoms with Crippen molar-refractivity contribution in [2.75, 3.05) is 7.11 Å². The van der Waals surface area contributed by atoms with Gasteiger partial charge in [0, 0.05) is 5.56 Å². The van der Waals surface area contributed by atoms with Crippen LogP contribution in [0.2, 0.25) is 0 Å². The summed E-state index contributed by atoms with van der Waals surface area (Å²) in [7, 11) is 1.31. The lowest BCUT2D eigenvalue weighted by Gasteiger charge is -2.08. The lowest BCUT2D eigenvalue weighted by molar-refractivity contribution is -0.121. The first kappa shape index (κ1) is 16.4. The summed E-state index contributed by atoms with van der Waals surface area (Å²) >= 11 is 0. The molecule has 120 valence electrons. The summed E-state index contributed by atoms with van der Waals surface area (Å²) in [6.45, 7) is 0. The average molecular weight is 320 g/mol. The number of rotatable bonds is 4. The van der Waals surface area contributed by atoms with Crippen molar-refractivity contribution in [1.29, 1.82) is 0 Å². The van der Waals surface area contributed by atoms with Gasteiger partial charge in [0.1, 0.15) is 5.82 Å². The van der Waals surface area contributed by atoms with Crippen molar-refractivity contribution in [1.82, 2.24) is 10.9 Å². The van der Waals surface area contributed by atoms with Crippen LogP contribution in [-0.2, 0) is 11.2 Å². The maximum Gasteiger partial charge on any atom is 0.269 e. The van der Waals surface area contributed by atoms with E-state index in [0.29, 0.717) is 5.56 Å². The minimum absolute atomic E-state index is 0.0156. The van der Waals surface area contributed by atoms with Crippen LogP contribution < -0.4 is 15.6 Å². The second-order valence-electron chi connectivity index (χ2n) is 4.65. The highest BCUT2D eigenvalue weighted by atomic mass is 19.1. The molecule has 0 aliphatic rings. The molecule has 2 rings (SSSR count). The van der Waals surface area contributed by atoms with Crippen molar-refractivity contribution in [3.63, 3.8) is 0 Å². The van der Waals surface area contributed by atoms with E-state index in [9.17, 15) is 18.4 Å². The van der Waals surface area contributed by atoms with E-state index in [1.165, 1.54) is 43.5 Å². The molecule has 7 heteroatoms. The Morgan fingerprint density at radius 1 is 1.04 bits per heavy atom. The third-order valence-electron chi connectivity index (χ3n) is 3.01. The standard InChI is InChI=1S/C16H14F2N2O3/c1-23-14-7-4-11(9-13(14)18)16(22)20-19-15(21)8-10-2-5-12(17)6-3-10/h2-7,9H,8H2,1H3,(H,19,21)(H,20,22). The Kier molecular flexibility index (Phi) is 5.24. The number of halogens is 2. The highest BCUT2D eigenvalue weighted by Crippen LogP contribution is 2.17. The fourth-order valence-corrected chi connectivity index (χ4v) is 1.84. The van der Waals surface area contributed by atoms with Crippen molar-refractivity contribution in [3.8, 4) is 5.75 Å². The fourth-order valence-electron chi connectivity index (χ4n) is 1.84. The molecule has 2 amide bonds. The summed E-state index contributed by atoms with van der Waals surface area (Å²) in [5, 5.41) is 0. The summed E-state index contributed by atoms with van der Waals surface area (Å²) in [5.41, 5.74) is 5.01. The van der Waals surface area contributed by atoms with Gasteiger partial charge in [-0.1, -0.05) is 12.1 Å². The maximum atomic E-state index is 13.5. The van der Waals surface area contributed by atoms with E-state index in [0.717, 1.165) is 6.07 Å². The lowest BCUT2D eigenvalue weighted by atomic mass is 10.1. The molecule has 0 heterocycles. The molecule has 0 radical (unpaired) electrons. The number of ether oxygens (including phenoxy) is 1. The number of hydrogen-bond acceptors (Lipinski definition) is 3. The van der Waals surface area contributed by atoms with Crippen LogP contribution in [-0.4, -0.2) is 18.9 Å². The van der Waals surface area contributed by atoms with Crippen molar-refractivity contribution in [3.05, 3.63) is 65.2 Å². The number of methoxy groups -OCH3 is 1. The van der Waals surface area contributed by atoms with E-state index >= 15 is 0 Å². The van der Waals surface area contributed by atoms with Gasteiger partial charge >= 0.3 is 0 Å². The Balaban J connectivity index is 1.89. The fraction of sp³-hybridized carbons (Fsp3) is 0.125. The number of carbonyl (C=O) groups excluding carboxylic acids is 2. The van der Waals surface area contributed by atoms with Crippen molar-refractivity contribution < 1.29 is 23.1 Å². The summed E-state index contributed by atoms with van der Waals surface area (Å²) in [5.74, 6) is -2.22. The van der Waals surface area contributed by atoms with E-state index in [4.69, 9.17) is 4.74 Å². The number of benzene rings is 2. The molecule has 2 aromatic carbocycles. The van der Waals surface area contributed by atoms with Gasteiger partial charge in [-0.05, 0) is 35.9 Å². The van der Waals surface area contributed by atoms with Crippen LogP contribution in [0.3, 0.4) is 0 Å². The van der Waals surface area contributed by atoms with Gasteiger partial charge in [0.25, 0.3) is 5.91 Å². The maximum absolute atomic E-state index is 13.5. The Hall–Kier alpha value is -2.96. The van der Waals surface area contributed by atoms with Gasteiger partial charge in [-0.25, -0.2) is 8.78 Å². The smallest absolute Gasteiger partial charge is 0.269 e. The molecular formula is C16H14F2N2O3. The summed E-state index contributed by atoms with van der Waals surface area (Å²) < 4.78 is 31.0. The van der Waals surface area contributed by atoms with Gasteiger partial charge in [0.15, 0.2) is 11.6 Å². The van der Waals surface area contributed by atoms with Crippen molar-refractivity contribution in [2.24, 2.45) is 0 Å². The highest BCUT2D eigenvalue weighted by molar-refractivity contribution is 5.95. The minimum Gasteiger partial charge on any atom is -0.494 e. The average Bonchev–Trinajstić information content (AvgIpc) is 2.54. The zero-order valence-corrected chi connectivity index (χ0v) is 12.2. The van der Waals surface area contributed by atoms with Gasteiger partial charge in [0.2, 0.25) is 5.91 Å². The second-order valence-corrected chi connectivity index (χ2v) is 4.65. The van der Waals surface area contributed by atoms with Crippen LogP contribution in [0.25, 0.3) is 0 Å². The number of hydrogen-bond donors (Lipinski definition) is 2. The number of nitrogens with one attached hydrogen (secondary N) is 2. The Morgan fingerprint density at radius 3 is 2.35 bits per heavy atom. The van der Waals surface area contributed by atoms with E-state index in [2.05, 4.69) is 10.9 Å². The third kappa shape index (κ3) is 4.50. The predicted octanol–water partition coefficient (Wildman–Crippen LogP) is 1.98. The first-order valence-corrected chi connectivity index (χ1v) is 6.67. The minimum atomic E-state index is -0.683. The predicted molar refractivity (Wildman–Crippen MR) is 78.7 cm³/mol. The van der Waals surface area contributed by atoms with Gasteiger partial charge in [-0.2, -0.15) is 0 Å². The van der Waals surface area contributed by atoms with Crippen LogP contribution in [0.1, 0.15) is 15.9 Å². The molecule has 2 aromatic rings. The van der Waals surface area contributed by atoms with Crippen molar-refractivity contribution in [2.45, 2.75) is 6.42 Å². The number of amides is 2. The van der Waals surface area contributed by atoms with E-state index in [1.807, 2.05) is 0 Å². The summed E-state index contributed by atoms with van der Waals surface area (Å²) in [4.78, 5) is 23.5. The number of carbonyl (C=O) groups is 2. The van der Waals surface area contributed by atoms with E-state index in [-0.39, 0.29) is 17.7 Å². The third-order valence-corrected chi connectivity index (χ3v) is 3.01. The first-order chi connectivity index (χ1) is 11.0. The van der Waals surface area contributed by atoms with E-state index < -0.39 is 23.4 Å². The Labute approximate surface area is 131 Å². The van der Waals surface area contributed by atoms with Crippen LogP contribution in [0, 0.1) is 11.6 Å². The molecule has 0 aromatic heterocycles. The first-order valence-electron chi connectivity index (χ1n) is 6.67. The molecule has 0 aliphatic carbocycles. The van der Waals surface area contributed by atoms with E-state index in [1.54, 1.807) is 0 Å². The van der Waals surface area contributed by atoms with Crippen molar-refractivity contribution >= 4 is 11.8 Å². The van der Waals surface area contributed by atoms with Crippen LogP contribution >= 0.6 is 0 Å². The zero-order valence-electron chi connectivity index (χ0n) is 12.2. The lowest BCUT2D eigenvalue weighted by Crippen LogP contribution is -2.42. The largest absolute Gasteiger partial charge is 0.494 e. The Bertz CT molecular complexity index is 718. The summed E-state index contributed by atoms with van der Waals surface area (Å²) in [6.07, 6.45) is -0.0302. The molecule has 0 saturated carbocycles.